The van der Waals surface area contributed by atoms with Gasteiger partial charge in [-0.15, -0.1) is 0 Å². The van der Waals surface area contributed by atoms with Crippen molar-refractivity contribution in [3.05, 3.63) is 70.5 Å². The predicted molar refractivity (Wildman–Crippen MR) is 91.9 cm³/mol. The van der Waals surface area contributed by atoms with Gasteiger partial charge in [-0.25, -0.2) is 9.18 Å². The Morgan fingerprint density at radius 2 is 1.80 bits per heavy atom. The first-order valence-corrected chi connectivity index (χ1v) is 8.42. The first kappa shape index (κ1) is 17.1. The lowest BCUT2D eigenvalue weighted by atomic mass is 10.1. The third kappa shape index (κ3) is 4.66. The van der Waals surface area contributed by atoms with Crippen LogP contribution in [-0.4, -0.2) is 25.0 Å². The molecule has 2 aromatic carbocycles. The average Bonchev–Trinajstić information content (AvgIpc) is 3.09. The number of aryl methyl sites for hydroxylation is 2. The number of nitrogens with one attached hydrogen (secondary N) is 1. The Kier molecular flexibility index (Phi) is 5.43. The van der Waals surface area contributed by atoms with Crippen LogP contribution in [0.4, 0.5) is 4.39 Å². The van der Waals surface area contributed by atoms with Gasteiger partial charge >= 0.3 is 5.97 Å². The molecular weight excluding hydrogens is 321 g/mol. The van der Waals surface area contributed by atoms with Crippen molar-refractivity contribution in [3.63, 3.8) is 0 Å². The highest BCUT2D eigenvalue weighted by atomic mass is 19.1. The van der Waals surface area contributed by atoms with Gasteiger partial charge in [-0.2, -0.15) is 0 Å². The molecule has 3 rings (SSSR count). The topological polar surface area (TPSA) is 55.4 Å². The average molecular weight is 341 g/mol. The zero-order chi connectivity index (χ0) is 17.6. The van der Waals surface area contributed by atoms with Crippen LogP contribution in [0.5, 0.6) is 0 Å². The Labute approximate surface area is 146 Å². The molecule has 0 spiro atoms. The third-order valence-corrected chi connectivity index (χ3v) is 4.32. The van der Waals surface area contributed by atoms with Crippen molar-refractivity contribution >= 4 is 11.9 Å². The summed E-state index contributed by atoms with van der Waals surface area (Å²) in [6.07, 6.45) is 3.75. The van der Waals surface area contributed by atoms with Gasteiger partial charge in [0.25, 0.3) is 5.91 Å². The molecule has 1 aliphatic rings. The maximum Gasteiger partial charge on any atom is 0.338 e. The minimum atomic E-state index is -0.483. The van der Waals surface area contributed by atoms with Crippen LogP contribution >= 0.6 is 0 Å². The molecule has 0 radical (unpaired) electrons. The summed E-state index contributed by atoms with van der Waals surface area (Å²) in [5.41, 5.74) is 3.89. The largest absolute Gasteiger partial charge is 0.452 e. The molecule has 0 unspecified atom stereocenters. The number of halogens is 1. The Bertz CT molecular complexity index is 771. The molecule has 1 aliphatic carbocycles. The summed E-state index contributed by atoms with van der Waals surface area (Å²) in [6.45, 7) is 0.0974. The molecule has 0 atom stereocenters. The Morgan fingerprint density at radius 1 is 1.04 bits per heavy atom. The molecular formula is C20H20FNO3. The molecule has 0 aromatic heterocycles. The molecule has 0 fully saturated rings. The second-order valence-electron chi connectivity index (χ2n) is 6.14. The number of carbonyl (C=O) groups is 2. The molecule has 4 nitrogen and oxygen atoms in total. The van der Waals surface area contributed by atoms with E-state index in [1.54, 1.807) is 18.2 Å². The maximum atomic E-state index is 12.8. The normalized spacial score (nSPS) is 12.5. The van der Waals surface area contributed by atoms with E-state index in [1.165, 1.54) is 23.3 Å². The fourth-order valence-corrected chi connectivity index (χ4v) is 2.96. The molecule has 1 N–H and O–H groups in total. The maximum absolute atomic E-state index is 12.8. The summed E-state index contributed by atoms with van der Waals surface area (Å²) in [5.74, 6) is -1.12. The number of amides is 1. The first-order valence-electron chi connectivity index (χ1n) is 8.42. The standard InChI is InChI=1S/C20H20FNO3/c21-18-8-4-14(5-9-18)10-11-22-19(23)13-25-20(24)17-7-6-15-2-1-3-16(15)12-17/h4-9,12H,1-3,10-11,13H2,(H,22,23). The summed E-state index contributed by atoms with van der Waals surface area (Å²) in [5, 5.41) is 2.68. The third-order valence-electron chi connectivity index (χ3n) is 4.32. The van der Waals surface area contributed by atoms with Crippen LogP contribution in [0.2, 0.25) is 0 Å². The van der Waals surface area contributed by atoms with Crippen molar-refractivity contribution in [1.82, 2.24) is 5.32 Å². The Balaban J connectivity index is 1.41. The molecule has 130 valence electrons. The van der Waals surface area contributed by atoms with Crippen LogP contribution in [0.25, 0.3) is 0 Å². The highest BCUT2D eigenvalue weighted by Crippen LogP contribution is 2.23. The van der Waals surface area contributed by atoms with Crippen LogP contribution in [-0.2, 0) is 28.8 Å². The second-order valence-corrected chi connectivity index (χ2v) is 6.14. The molecule has 0 heterocycles. The molecule has 1 amide bonds. The van der Waals surface area contributed by atoms with Gasteiger partial charge in [0.05, 0.1) is 5.56 Å². The number of rotatable bonds is 6. The number of hydrogen-bond donors (Lipinski definition) is 1. The number of carbonyl (C=O) groups excluding carboxylic acids is 2. The van der Waals surface area contributed by atoms with Crippen molar-refractivity contribution in [3.8, 4) is 0 Å². The second kappa shape index (κ2) is 7.92. The quantitative estimate of drug-likeness (QED) is 0.822. The fraction of sp³-hybridized carbons (Fsp3) is 0.300. The number of fused-ring (bicyclic) bond motifs is 1. The zero-order valence-corrected chi connectivity index (χ0v) is 13.9. The fourth-order valence-electron chi connectivity index (χ4n) is 2.96. The minimum absolute atomic E-state index is 0.286. The predicted octanol–water partition coefficient (Wildman–Crippen LogP) is 2.83. The lowest BCUT2D eigenvalue weighted by Gasteiger charge is -2.08. The van der Waals surface area contributed by atoms with Crippen LogP contribution in [0.15, 0.2) is 42.5 Å². The van der Waals surface area contributed by atoms with Gasteiger partial charge in [0.15, 0.2) is 6.61 Å². The van der Waals surface area contributed by atoms with E-state index in [0.717, 1.165) is 24.8 Å². The van der Waals surface area contributed by atoms with Crippen molar-refractivity contribution in [2.24, 2.45) is 0 Å². The lowest BCUT2D eigenvalue weighted by Crippen LogP contribution is -2.30. The number of esters is 1. The van der Waals surface area contributed by atoms with Gasteiger partial charge in [-0.1, -0.05) is 18.2 Å². The van der Waals surface area contributed by atoms with E-state index >= 15 is 0 Å². The van der Waals surface area contributed by atoms with E-state index in [4.69, 9.17) is 4.74 Å². The minimum Gasteiger partial charge on any atom is -0.452 e. The van der Waals surface area contributed by atoms with Gasteiger partial charge in [-0.05, 0) is 66.6 Å². The highest BCUT2D eigenvalue weighted by molar-refractivity contribution is 5.91. The van der Waals surface area contributed by atoms with Gasteiger partial charge in [-0.3, -0.25) is 4.79 Å². The van der Waals surface area contributed by atoms with Gasteiger partial charge in [0.2, 0.25) is 0 Å². The summed E-state index contributed by atoms with van der Waals surface area (Å²) >= 11 is 0. The molecule has 0 aliphatic heterocycles. The molecule has 25 heavy (non-hydrogen) atoms. The molecule has 0 saturated carbocycles. The lowest BCUT2D eigenvalue weighted by molar-refractivity contribution is -0.124. The SMILES string of the molecule is O=C(COC(=O)c1ccc2c(c1)CCC2)NCCc1ccc(F)cc1. The van der Waals surface area contributed by atoms with Crippen LogP contribution in [0, 0.1) is 5.82 Å². The van der Waals surface area contributed by atoms with Crippen LogP contribution in [0.3, 0.4) is 0 Å². The molecule has 0 saturated heterocycles. The summed E-state index contributed by atoms with van der Waals surface area (Å²) < 4.78 is 17.9. The highest BCUT2D eigenvalue weighted by Gasteiger charge is 2.15. The van der Waals surface area contributed by atoms with Gasteiger partial charge in [0, 0.05) is 6.54 Å². The van der Waals surface area contributed by atoms with Gasteiger partial charge < -0.3 is 10.1 Å². The molecule has 5 heteroatoms. The molecule has 0 bridgehead atoms. The van der Waals surface area contributed by atoms with Crippen molar-refractivity contribution in [1.29, 1.82) is 0 Å². The number of hydrogen-bond acceptors (Lipinski definition) is 3. The van der Waals surface area contributed by atoms with E-state index in [1.807, 2.05) is 12.1 Å². The van der Waals surface area contributed by atoms with E-state index in [0.29, 0.717) is 18.5 Å². The number of benzene rings is 2. The summed E-state index contributed by atoms with van der Waals surface area (Å²) in [6, 6.07) is 11.7. The van der Waals surface area contributed by atoms with Crippen molar-refractivity contribution in [2.75, 3.05) is 13.2 Å². The van der Waals surface area contributed by atoms with E-state index in [-0.39, 0.29) is 18.3 Å². The van der Waals surface area contributed by atoms with Crippen LogP contribution < -0.4 is 5.32 Å². The van der Waals surface area contributed by atoms with E-state index < -0.39 is 5.97 Å². The van der Waals surface area contributed by atoms with Crippen molar-refractivity contribution < 1.29 is 18.7 Å². The monoisotopic (exact) mass is 341 g/mol. The smallest absolute Gasteiger partial charge is 0.338 e. The summed E-state index contributed by atoms with van der Waals surface area (Å²) in [4.78, 5) is 23.8. The summed E-state index contributed by atoms with van der Waals surface area (Å²) in [7, 11) is 0. The van der Waals surface area contributed by atoms with Crippen molar-refractivity contribution in [2.45, 2.75) is 25.7 Å². The van der Waals surface area contributed by atoms with Crippen LogP contribution in [0.1, 0.15) is 33.5 Å². The zero-order valence-electron chi connectivity index (χ0n) is 13.9. The van der Waals surface area contributed by atoms with E-state index in [9.17, 15) is 14.0 Å². The Hall–Kier alpha value is -2.69. The van der Waals surface area contributed by atoms with Gasteiger partial charge in [0.1, 0.15) is 5.82 Å². The van der Waals surface area contributed by atoms with E-state index in [2.05, 4.69) is 5.32 Å². The number of ether oxygens (including phenoxy) is 1. The Morgan fingerprint density at radius 3 is 2.60 bits per heavy atom. The molecule has 2 aromatic rings. The first-order chi connectivity index (χ1) is 12.1.